The molecule has 1 aliphatic heterocycles. The van der Waals surface area contributed by atoms with Gasteiger partial charge in [-0.05, 0) is 31.2 Å². The number of fused-ring (bicyclic) bond motifs is 1. The molecule has 27 heavy (non-hydrogen) atoms. The minimum atomic E-state index is -0.0997. The highest BCUT2D eigenvalue weighted by atomic mass is 32.1. The number of thiophene rings is 1. The SMILES string of the molecule is COCCNC(=O)c1c(NC(=O)C[NH+]2CC[NH+](C)CC2)sc2c1CCCC2. The van der Waals surface area contributed by atoms with Crippen molar-refractivity contribution in [3.05, 3.63) is 16.0 Å². The van der Waals surface area contributed by atoms with Crippen molar-refractivity contribution in [1.29, 1.82) is 0 Å². The zero-order valence-electron chi connectivity index (χ0n) is 16.4. The average Bonchev–Trinajstić information content (AvgIpc) is 3.01. The summed E-state index contributed by atoms with van der Waals surface area (Å²) in [5.74, 6) is -0.0913. The highest BCUT2D eigenvalue weighted by molar-refractivity contribution is 7.17. The van der Waals surface area contributed by atoms with Crippen molar-refractivity contribution in [2.75, 3.05) is 65.3 Å². The van der Waals surface area contributed by atoms with E-state index in [1.54, 1.807) is 18.4 Å². The predicted octanol–water partition coefficient (Wildman–Crippen LogP) is -1.65. The Bertz CT molecular complexity index is 668. The Morgan fingerprint density at radius 1 is 1.15 bits per heavy atom. The minimum Gasteiger partial charge on any atom is -0.383 e. The minimum absolute atomic E-state index is 0.00842. The molecule has 1 saturated heterocycles. The van der Waals surface area contributed by atoms with Crippen LogP contribution in [0.2, 0.25) is 0 Å². The van der Waals surface area contributed by atoms with Crippen molar-refractivity contribution in [2.24, 2.45) is 0 Å². The van der Waals surface area contributed by atoms with Gasteiger partial charge in [-0.1, -0.05) is 0 Å². The van der Waals surface area contributed by atoms with E-state index in [0.717, 1.165) is 62.4 Å². The third-order valence-corrected chi connectivity index (χ3v) is 6.67. The van der Waals surface area contributed by atoms with E-state index in [0.29, 0.717) is 25.3 Å². The van der Waals surface area contributed by atoms with Crippen LogP contribution < -0.4 is 20.4 Å². The van der Waals surface area contributed by atoms with Crippen LogP contribution >= 0.6 is 11.3 Å². The Labute approximate surface area is 165 Å². The van der Waals surface area contributed by atoms with Crippen molar-refractivity contribution in [1.82, 2.24) is 5.32 Å². The number of likely N-dealkylation sites (N-methyl/N-ethyl adjacent to an activating group) is 1. The smallest absolute Gasteiger partial charge is 0.280 e. The molecule has 2 heterocycles. The monoisotopic (exact) mass is 396 g/mol. The van der Waals surface area contributed by atoms with E-state index >= 15 is 0 Å². The second-order valence-electron chi connectivity index (χ2n) is 7.60. The van der Waals surface area contributed by atoms with E-state index in [1.165, 1.54) is 14.7 Å². The Kier molecular flexibility index (Phi) is 7.23. The number of quaternary nitrogens is 2. The number of piperazine rings is 1. The quantitative estimate of drug-likeness (QED) is 0.418. The van der Waals surface area contributed by atoms with Gasteiger partial charge in [0.15, 0.2) is 6.54 Å². The second kappa shape index (κ2) is 9.64. The van der Waals surface area contributed by atoms with E-state index in [-0.39, 0.29) is 11.8 Å². The van der Waals surface area contributed by atoms with Gasteiger partial charge in [0.2, 0.25) is 0 Å². The molecule has 0 bridgehead atoms. The number of aryl methyl sites for hydroxylation is 1. The molecule has 0 aromatic carbocycles. The van der Waals surface area contributed by atoms with Gasteiger partial charge in [0.05, 0.1) is 19.2 Å². The highest BCUT2D eigenvalue weighted by Crippen LogP contribution is 2.38. The number of carbonyl (C=O) groups is 2. The number of hydrogen-bond donors (Lipinski definition) is 4. The van der Waals surface area contributed by atoms with E-state index < -0.39 is 0 Å². The van der Waals surface area contributed by atoms with Gasteiger partial charge in [-0.2, -0.15) is 0 Å². The lowest BCUT2D eigenvalue weighted by atomic mass is 9.95. The summed E-state index contributed by atoms with van der Waals surface area (Å²) in [6.07, 6.45) is 4.17. The third kappa shape index (κ3) is 5.28. The van der Waals surface area contributed by atoms with Crippen LogP contribution in [-0.2, 0) is 22.4 Å². The first-order chi connectivity index (χ1) is 13.1. The lowest BCUT2D eigenvalue weighted by Gasteiger charge is -2.26. The van der Waals surface area contributed by atoms with Gasteiger partial charge >= 0.3 is 0 Å². The molecule has 4 N–H and O–H groups in total. The summed E-state index contributed by atoms with van der Waals surface area (Å²) >= 11 is 1.58. The largest absolute Gasteiger partial charge is 0.383 e. The number of carbonyl (C=O) groups excluding carboxylic acids is 2. The summed E-state index contributed by atoms with van der Waals surface area (Å²) in [6, 6.07) is 0. The number of hydrogen-bond acceptors (Lipinski definition) is 4. The number of methoxy groups -OCH3 is 1. The molecule has 0 atom stereocenters. The van der Waals surface area contributed by atoms with Crippen LogP contribution in [0.3, 0.4) is 0 Å². The summed E-state index contributed by atoms with van der Waals surface area (Å²) in [5, 5.41) is 6.70. The molecule has 1 aromatic heterocycles. The zero-order chi connectivity index (χ0) is 19.2. The van der Waals surface area contributed by atoms with Crippen LogP contribution in [0.5, 0.6) is 0 Å². The molecular formula is C19H32N4O3S+2. The molecule has 1 aliphatic carbocycles. The maximum absolute atomic E-state index is 12.8. The van der Waals surface area contributed by atoms with Gasteiger partial charge < -0.3 is 25.2 Å². The standard InChI is InChI=1S/C19H30N4O3S/c1-22-8-10-23(11-9-22)13-16(24)21-19-17(18(25)20-7-12-26-2)14-5-3-4-6-15(14)27-19/h3-13H2,1-2H3,(H,20,25)(H,21,24)/p+2. The van der Waals surface area contributed by atoms with Gasteiger partial charge in [0.25, 0.3) is 11.8 Å². The molecule has 0 spiro atoms. The Morgan fingerprint density at radius 3 is 2.63 bits per heavy atom. The molecule has 0 unspecified atom stereocenters. The molecule has 0 saturated carbocycles. The van der Waals surface area contributed by atoms with Crippen molar-refractivity contribution in [3.8, 4) is 0 Å². The number of amides is 2. The van der Waals surface area contributed by atoms with Gasteiger partial charge in [0, 0.05) is 18.5 Å². The van der Waals surface area contributed by atoms with Crippen LogP contribution in [0, 0.1) is 0 Å². The predicted molar refractivity (Wildman–Crippen MR) is 106 cm³/mol. The fourth-order valence-electron chi connectivity index (χ4n) is 3.85. The molecule has 8 heteroatoms. The summed E-state index contributed by atoms with van der Waals surface area (Å²) in [6.45, 7) is 5.66. The lowest BCUT2D eigenvalue weighted by molar-refractivity contribution is -0.999. The highest BCUT2D eigenvalue weighted by Gasteiger charge is 2.28. The number of ether oxygens (including phenoxy) is 1. The fourth-order valence-corrected chi connectivity index (χ4v) is 5.16. The van der Waals surface area contributed by atoms with E-state index in [1.807, 2.05) is 0 Å². The summed E-state index contributed by atoms with van der Waals surface area (Å²) < 4.78 is 5.02. The van der Waals surface area contributed by atoms with Crippen LogP contribution in [0.4, 0.5) is 5.00 Å². The van der Waals surface area contributed by atoms with E-state index in [2.05, 4.69) is 17.7 Å². The molecule has 3 rings (SSSR count). The molecule has 7 nitrogen and oxygen atoms in total. The Hall–Kier alpha value is -1.48. The summed E-state index contributed by atoms with van der Waals surface area (Å²) in [4.78, 5) is 29.5. The molecule has 1 aromatic rings. The van der Waals surface area contributed by atoms with Gasteiger partial charge in [0.1, 0.15) is 31.2 Å². The van der Waals surface area contributed by atoms with Crippen molar-refractivity contribution >= 4 is 28.2 Å². The van der Waals surface area contributed by atoms with E-state index in [4.69, 9.17) is 4.74 Å². The molecular weight excluding hydrogens is 364 g/mol. The summed E-state index contributed by atoms with van der Waals surface area (Å²) in [7, 11) is 3.81. The lowest BCUT2D eigenvalue weighted by Crippen LogP contribution is -3.27. The topological polar surface area (TPSA) is 76.3 Å². The first-order valence-corrected chi connectivity index (χ1v) is 10.8. The summed E-state index contributed by atoms with van der Waals surface area (Å²) in [5.41, 5.74) is 1.81. The van der Waals surface area contributed by atoms with Crippen LogP contribution in [-0.4, -0.2) is 71.8 Å². The Balaban J connectivity index is 1.69. The molecule has 0 radical (unpaired) electrons. The maximum Gasteiger partial charge on any atom is 0.280 e. The Morgan fingerprint density at radius 2 is 1.89 bits per heavy atom. The normalized spacial score (nSPS) is 22.1. The van der Waals surface area contributed by atoms with Crippen molar-refractivity contribution < 1.29 is 24.1 Å². The van der Waals surface area contributed by atoms with E-state index in [9.17, 15) is 9.59 Å². The van der Waals surface area contributed by atoms with Gasteiger partial charge in [-0.25, -0.2) is 0 Å². The van der Waals surface area contributed by atoms with Crippen LogP contribution in [0.1, 0.15) is 33.6 Å². The number of nitrogens with one attached hydrogen (secondary N) is 4. The molecule has 2 aliphatic rings. The van der Waals surface area contributed by atoms with Crippen LogP contribution in [0.15, 0.2) is 0 Å². The fraction of sp³-hybridized carbons (Fsp3) is 0.684. The van der Waals surface area contributed by atoms with Crippen LogP contribution in [0.25, 0.3) is 0 Å². The zero-order valence-corrected chi connectivity index (χ0v) is 17.2. The van der Waals surface area contributed by atoms with Crippen molar-refractivity contribution in [2.45, 2.75) is 25.7 Å². The molecule has 1 fully saturated rings. The molecule has 2 amide bonds. The van der Waals surface area contributed by atoms with Gasteiger partial charge in [-0.3, -0.25) is 9.59 Å². The van der Waals surface area contributed by atoms with Gasteiger partial charge in [-0.15, -0.1) is 11.3 Å². The first kappa shape index (κ1) is 20.3. The number of rotatable bonds is 7. The molecule has 150 valence electrons. The van der Waals surface area contributed by atoms with Crippen molar-refractivity contribution in [3.63, 3.8) is 0 Å². The number of anilines is 1. The maximum atomic E-state index is 12.8. The average molecular weight is 397 g/mol. The second-order valence-corrected chi connectivity index (χ2v) is 8.70. The first-order valence-electron chi connectivity index (χ1n) is 9.95. The third-order valence-electron chi connectivity index (χ3n) is 5.46.